The third kappa shape index (κ3) is 1.95. The minimum atomic E-state index is -0.0475. The topological polar surface area (TPSA) is 20.2 Å². The molecular weight excluding hydrogens is 114 g/mol. The summed E-state index contributed by atoms with van der Waals surface area (Å²) in [5.41, 5.74) is 0. The average Bonchev–Trinajstić information content (AvgIpc) is 1.60. The first kappa shape index (κ1) is 7.03. The average molecular weight is 130 g/mol. The van der Waals surface area contributed by atoms with Crippen molar-refractivity contribution in [3.05, 3.63) is 0 Å². The Morgan fingerprint density at radius 2 is 2.11 bits per heavy atom. The SMILES string of the molecule is C[N+]1(C)CCC[C@H](O)C1. The van der Waals surface area contributed by atoms with Crippen LogP contribution in [0.1, 0.15) is 12.8 Å². The Kier molecular flexibility index (Phi) is 1.78. The Bertz CT molecular complexity index is 101. The van der Waals surface area contributed by atoms with Crippen molar-refractivity contribution in [1.82, 2.24) is 0 Å². The van der Waals surface area contributed by atoms with Gasteiger partial charge in [0, 0.05) is 0 Å². The fraction of sp³-hybridized carbons (Fsp3) is 1.00. The third-order valence-corrected chi connectivity index (χ3v) is 2.01. The zero-order valence-electron chi connectivity index (χ0n) is 6.30. The maximum absolute atomic E-state index is 9.23. The molecule has 0 aromatic rings. The number of quaternary nitrogens is 1. The lowest BCUT2D eigenvalue weighted by molar-refractivity contribution is -0.898. The molecule has 1 heterocycles. The summed E-state index contributed by atoms with van der Waals surface area (Å²) in [7, 11) is 4.34. The van der Waals surface area contributed by atoms with E-state index in [1.54, 1.807) is 0 Å². The van der Waals surface area contributed by atoms with Gasteiger partial charge in [-0.25, -0.2) is 0 Å². The lowest BCUT2D eigenvalue weighted by Gasteiger charge is -2.35. The molecule has 1 saturated heterocycles. The first-order chi connectivity index (χ1) is 4.10. The number of rotatable bonds is 0. The van der Waals surface area contributed by atoms with Gasteiger partial charge in [0.2, 0.25) is 0 Å². The molecule has 54 valence electrons. The predicted molar refractivity (Wildman–Crippen MR) is 37.1 cm³/mol. The van der Waals surface area contributed by atoms with Gasteiger partial charge in [0.15, 0.2) is 0 Å². The van der Waals surface area contributed by atoms with Gasteiger partial charge in [-0.1, -0.05) is 0 Å². The quantitative estimate of drug-likeness (QED) is 0.465. The summed E-state index contributed by atoms with van der Waals surface area (Å²) >= 11 is 0. The zero-order chi connectivity index (χ0) is 6.91. The summed E-state index contributed by atoms with van der Waals surface area (Å²) in [4.78, 5) is 0. The van der Waals surface area contributed by atoms with Crippen LogP contribution in [0, 0.1) is 0 Å². The van der Waals surface area contributed by atoms with Gasteiger partial charge in [0.05, 0.1) is 20.6 Å². The largest absolute Gasteiger partial charge is 0.387 e. The Morgan fingerprint density at radius 3 is 2.44 bits per heavy atom. The van der Waals surface area contributed by atoms with Crippen molar-refractivity contribution in [2.24, 2.45) is 0 Å². The molecule has 0 aromatic carbocycles. The number of piperidine rings is 1. The smallest absolute Gasteiger partial charge is 0.105 e. The molecule has 1 atom stereocenters. The van der Waals surface area contributed by atoms with Gasteiger partial charge in [-0.15, -0.1) is 0 Å². The van der Waals surface area contributed by atoms with E-state index in [0.29, 0.717) is 0 Å². The third-order valence-electron chi connectivity index (χ3n) is 2.01. The maximum atomic E-state index is 9.23. The highest BCUT2D eigenvalue weighted by Crippen LogP contribution is 2.13. The van der Waals surface area contributed by atoms with Crippen LogP contribution in [-0.4, -0.2) is 42.9 Å². The molecule has 0 amide bonds. The van der Waals surface area contributed by atoms with Crippen LogP contribution in [-0.2, 0) is 0 Å². The number of aliphatic hydroxyl groups excluding tert-OH is 1. The molecule has 1 N–H and O–H groups in total. The van der Waals surface area contributed by atoms with Gasteiger partial charge < -0.3 is 9.59 Å². The van der Waals surface area contributed by atoms with E-state index in [0.717, 1.165) is 17.4 Å². The molecule has 1 aliphatic rings. The fourth-order valence-corrected chi connectivity index (χ4v) is 1.51. The number of likely N-dealkylation sites (tertiary alicyclic amines) is 1. The molecule has 0 bridgehead atoms. The Labute approximate surface area is 56.7 Å². The van der Waals surface area contributed by atoms with E-state index in [4.69, 9.17) is 0 Å². The van der Waals surface area contributed by atoms with Crippen molar-refractivity contribution in [3.63, 3.8) is 0 Å². The summed E-state index contributed by atoms with van der Waals surface area (Å²) in [5, 5.41) is 9.23. The maximum Gasteiger partial charge on any atom is 0.105 e. The van der Waals surface area contributed by atoms with Crippen LogP contribution in [0.2, 0.25) is 0 Å². The molecular formula is C7H16NO+. The molecule has 1 rings (SSSR count). The van der Waals surface area contributed by atoms with E-state index in [-0.39, 0.29) is 6.10 Å². The monoisotopic (exact) mass is 130 g/mol. The normalized spacial score (nSPS) is 34.3. The van der Waals surface area contributed by atoms with Crippen LogP contribution in [0.5, 0.6) is 0 Å². The highest BCUT2D eigenvalue weighted by Gasteiger charge is 2.24. The van der Waals surface area contributed by atoms with E-state index in [1.807, 2.05) is 0 Å². The lowest BCUT2D eigenvalue weighted by Crippen LogP contribution is -2.49. The standard InChI is InChI=1S/C7H16NO/c1-8(2)5-3-4-7(9)6-8/h7,9H,3-6H2,1-2H3/q+1/t7-/m0/s1. The number of aliphatic hydroxyl groups is 1. The van der Waals surface area contributed by atoms with Crippen molar-refractivity contribution < 1.29 is 9.59 Å². The molecule has 0 saturated carbocycles. The summed E-state index contributed by atoms with van der Waals surface area (Å²) in [6, 6.07) is 0. The van der Waals surface area contributed by atoms with Gasteiger partial charge >= 0.3 is 0 Å². The number of hydrogen-bond donors (Lipinski definition) is 1. The van der Waals surface area contributed by atoms with Gasteiger partial charge in [-0.3, -0.25) is 0 Å². The van der Waals surface area contributed by atoms with Gasteiger partial charge in [0.1, 0.15) is 12.6 Å². The second kappa shape index (κ2) is 2.27. The molecule has 1 aliphatic heterocycles. The summed E-state index contributed by atoms with van der Waals surface area (Å²) in [6.45, 7) is 2.15. The van der Waals surface area contributed by atoms with Crippen LogP contribution in [0.15, 0.2) is 0 Å². The summed E-state index contributed by atoms with van der Waals surface area (Å²) in [6.07, 6.45) is 2.13. The van der Waals surface area contributed by atoms with Crippen molar-refractivity contribution in [1.29, 1.82) is 0 Å². The molecule has 9 heavy (non-hydrogen) atoms. The van der Waals surface area contributed by atoms with Crippen molar-refractivity contribution in [2.75, 3.05) is 27.2 Å². The van der Waals surface area contributed by atoms with E-state index in [2.05, 4.69) is 14.1 Å². The molecule has 0 spiro atoms. The van der Waals surface area contributed by atoms with Crippen LogP contribution < -0.4 is 0 Å². The Balaban J connectivity index is 2.41. The minimum Gasteiger partial charge on any atom is -0.387 e. The number of likely N-dealkylation sites (N-methyl/N-ethyl adjacent to an activating group) is 1. The van der Waals surface area contributed by atoms with Crippen LogP contribution in [0.25, 0.3) is 0 Å². The van der Waals surface area contributed by atoms with E-state index < -0.39 is 0 Å². The molecule has 2 nitrogen and oxygen atoms in total. The first-order valence-electron chi connectivity index (χ1n) is 3.60. The van der Waals surface area contributed by atoms with Gasteiger partial charge in [-0.2, -0.15) is 0 Å². The molecule has 0 unspecified atom stereocenters. The number of hydrogen-bond acceptors (Lipinski definition) is 1. The minimum absolute atomic E-state index is 0.0475. The Hall–Kier alpha value is -0.0800. The summed E-state index contributed by atoms with van der Waals surface area (Å²) in [5.74, 6) is 0. The van der Waals surface area contributed by atoms with Crippen LogP contribution in [0.3, 0.4) is 0 Å². The molecule has 2 heteroatoms. The number of nitrogens with zero attached hydrogens (tertiary/aromatic N) is 1. The van der Waals surface area contributed by atoms with Crippen molar-refractivity contribution in [3.8, 4) is 0 Å². The van der Waals surface area contributed by atoms with E-state index in [1.165, 1.54) is 13.0 Å². The molecule has 0 aromatic heterocycles. The second-order valence-electron chi connectivity index (χ2n) is 3.64. The highest BCUT2D eigenvalue weighted by atomic mass is 16.3. The lowest BCUT2D eigenvalue weighted by atomic mass is 10.1. The van der Waals surface area contributed by atoms with Crippen molar-refractivity contribution >= 4 is 0 Å². The highest BCUT2D eigenvalue weighted by molar-refractivity contribution is 4.59. The summed E-state index contributed by atoms with van der Waals surface area (Å²) < 4.78 is 0.987. The van der Waals surface area contributed by atoms with E-state index in [9.17, 15) is 5.11 Å². The first-order valence-corrected chi connectivity index (χ1v) is 3.60. The molecule has 0 radical (unpaired) electrons. The van der Waals surface area contributed by atoms with Crippen molar-refractivity contribution in [2.45, 2.75) is 18.9 Å². The van der Waals surface area contributed by atoms with Gasteiger partial charge in [-0.05, 0) is 12.8 Å². The van der Waals surface area contributed by atoms with Crippen LogP contribution >= 0.6 is 0 Å². The zero-order valence-corrected chi connectivity index (χ0v) is 6.30. The fourth-order valence-electron chi connectivity index (χ4n) is 1.51. The molecule has 1 fully saturated rings. The van der Waals surface area contributed by atoms with E-state index >= 15 is 0 Å². The predicted octanol–water partition coefficient (Wildman–Crippen LogP) is 0.218. The Morgan fingerprint density at radius 1 is 1.44 bits per heavy atom. The molecule has 0 aliphatic carbocycles. The van der Waals surface area contributed by atoms with Crippen LogP contribution in [0.4, 0.5) is 0 Å². The second-order valence-corrected chi connectivity index (χ2v) is 3.64. The van der Waals surface area contributed by atoms with Gasteiger partial charge in [0.25, 0.3) is 0 Å².